The van der Waals surface area contributed by atoms with Gasteiger partial charge in [0.15, 0.2) is 0 Å². The smallest absolute Gasteiger partial charge is 0.258 e. The number of carbonyl (C=O) groups excluding carboxylic acids is 2. The van der Waals surface area contributed by atoms with E-state index in [4.69, 9.17) is 0 Å². The Labute approximate surface area is 143 Å². The fourth-order valence-corrected chi connectivity index (χ4v) is 2.53. The molecule has 0 spiro atoms. The van der Waals surface area contributed by atoms with Gasteiger partial charge in [0.2, 0.25) is 0 Å². The lowest BCUT2D eigenvalue weighted by Crippen LogP contribution is -2.31. The summed E-state index contributed by atoms with van der Waals surface area (Å²) in [6, 6.07) is 14.7. The van der Waals surface area contributed by atoms with E-state index in [9.17, 15) is 9.59 Å². The number of carbonyl (C=O) groups is 2. The van der Waals surface area contributed by atoms with Gasteiger partial charge in [0.05, 0.1) is 0 Å². The molecule has 0 unspecified atom stereocenters. The Balaban J connectivity index is 2.26. The minimum atomic E-state index is -0.148. The largest absolute Gasteiger partial charge is 0.352 e. The Kier molecular flexibility index (Phi) is 6.13. The van der Waals surface area contributed by atoms with Gasteiger partial charge >= 0.3 is 0 Å². The minimum Gasteiger partial charge on any atom is -0.352 e. The van der Waals surface area contributed by atoms with Crippen molar-refractivity contribution >= 4 is 17.5 Å². The first-order valence-corrected chi connectivity index (χ1v) is 8.33. The van der Waals surface area contributed by atoms with Gasteiger partial charge in [0.25, 0.3) is 11.8 Å². The molecular formula is C20H24N2O2. The topological polar surface area (TPSA) is 49.4 Å². The number of aryl methyl sites for hydroxylation is 1. The Morgan fingerprint density at radius 3 is 2.38 bits per heavy atom. The Morgan fingerprint density at radius 1 is 1.00 bits per heavy atom. The molecule has 0 radical (unpaired) electrons. The molecule has 4 heteroatoms. The number of nitrogens with zero attached hydrogens (tertiary/aromatic N) is 1. The molecule has 0 saturated heterocycles. The predicted molar refractivity (Wildman–Crippen MR) is 97.6 cm³/mol. The van der Waals surface area contributed by atoms with Crippen molar-refractivity contribution in [2.24, 2.45) is 0 Å². The quantitative estimate of drug-likeness (QED) is 0.878. The SMILES string of the molecule is CCCNC(=O)c1cccc(C(=O)N(CC)c2cccc(C)c2)c1. The number of hydrogen-bond donors (Lipinski definition) is 1. The van der Waals surface area contributed by atoms with Gasteiger partial charge in [-0.3, -0.25) is 9.59 Å². The molecule has 0 heterocycles. The summed E-state index contributed by atoms with van der Waals surface area (Å²) in [5.74, 6) is -0.252. The molecule has 1 N–H and O–H groups in total. The van der Waals surface area contributed by atoms with Crippen molar-refractivity contribution in [2.45, 2.75) is 27.2 Å². The summed E-state index contributed by atoms with van der Waals surface area (Å²) < 4.78 is 0. The molecule has 24 heavy (non-hydrogen) atoms. The van der Waals surface area contributed by atoms with Crippen LogP contribution in [0.15, 0.2) is 48.5 Å². The first kappa shape index (κ1) is 17.7. The first-order chi connectivity index (χ1) is 11.6. The van der Waals surface area contributed by atoms with Gasteiger partial charge in [-0.1, -0.05) is 25.1 Å². The second-order valence-electron chi connectivity index (χ2n) is 5.73. The van der Waals surface area contributed by atoms with Crippen molar-refractivity contribution in [1.82, 2.24) is 5.32 Å². The van der Waals surface area contributed by atoms with Gasteiger partial charge in [-0.2, -0.15) is 0 Å². The molecule has 4 nitrogen and oxygen atoms in total. The van der Waals surface area contributed by atoms with Gasteiger partial charge in [-0.05, 0) is 56.2 Å². The third-order valence-corrected chi connectivity index (χ3v) is 3.78. The molecule has 0 aromatic heterocycles. The lowest BCUT2D eigenvalue weighted by atomic mass is 10.1. The number of nitrogens with one attached hydrogen (secondary N) is 1. The maximum atomic E-state index is 12.9. The number of hydrogen-bond acceptors (Lipinski definition) is 2. The molecule has 0 aliphatic rings. The van der Waals surface area contributed by atoms with E-state index in [-0.39, 0.29) is 11.8 Å². The number of anilines is 1. The summed E-state index contributed by atoms with van der Waals surface area (Å²) in [6.45, 7) is 7.13. The van der Waals surface area contributed by atoms with E-state index >= 15 is 0 Å². The van der Waals surface area contributed by atoms with E-state index < -0.39 is 0 Å². The Morgan fingerprint density at radius 2 is 1.71 bits per heavy atom. The van der Waals surface area contributed by atoms with E-state index in [1.807, 2.05) is 45.0 Å². The van der Waals surface area contributed by atoms with Crippen LogP contribution < -0.4 is 10.2 Å². The third-order valence-electron chi connectivity index (χ3n) is 3.78. The van der Waals surface area contributed by atoms with Crippen LogP contribution in [0.25, 0.3) is 0 Å². The van der Waals surface area contributed by atoms with Crippen LogP contribution in [0.1, 0.15) is 46.5 Å². The summed E-state index contributed by atoms with van der Waals surface area (Å²) >= 11 is 0. The van der Waals surface area contributed by atoms with Gasteiger partial charge in [-0.15, -0.1) is 0 Å². The standard InChI is InChI=1S/C20H24N2O2/c1-4-12-21-19(23)16-9-7-10-17(14-16)20(24)22(5-2)18-11-6-8-15(3)13-18/h6-11,13-14H,4-5,12H2,1-3H3,(H,21,23). The third kappa shape index (κ3) is 4.22. The van der Waals surface area contributed by atoms with Crippen LogP contribution >= 0.6 is 0 Å². The predicted octanol–water partition coefficient (Wildman–Crippen LogP) is 3.80. The zero-order valence-electron chi connectivity index (χ0n) is 14.5. The van der Waals surface area contributed by atoms with Crippen LogP contribution in [0, 0.1) is 6.92 Å². The monoisotopic (exact) mass is 324 g/mol. The van der Waals surface area contributed by atoms with Crippen LogP contribution in [0.2, 0.25) is 0 Å². The highest BCUT2D eigenvalue weighted by Crippen LogP contribution is 2.19. The molecule has 2 rings (SSSR count). The zero-order valence-corrected chi connectivity index (χ0v) is 14.5. The highest BCUT2D eigenvalue weighted by atomic mass is 16.2. The lowest BCUT2D eigenvalue weighted by Gasteiger charge is -2.21. The molecule has 0 atom stereocenters. The van der Waals surface area contributed by atoms with Crippen LogP contribution in [0.5, 0.6) is 0 Å². The second kappa shape index (κ2) is 8.29. The van der Waals surface area contributed by atoms with E-state index in [0.717, 1.165) is 17.7 Å². The van der Waals surface area contributed by atoms with Crippen molar-refractivity contribution in [2.75, 3.05) is 18.0 Å². The molecule has 0 aliphatic heterocycles. The molecule has 0 saturated carbocycles. The molecule has 126 valence electrons. The normalized spacial score (nSPS) is 10.3. The maximum Gasteiger partial charge on any atom is 0.258 e. The molecule has 0 bridgehead atoms. The number of rotatable bonds is 6. The van der Waals surface area contributed by atoms with Gasteiger partial charge in [0.1, 0.15) is 0 Å². The highest BCUT2D eigenvalue weighted by molar-refractivity contribution is 6.07. The van der Waals surface area contributed by atoms with Crippen molar-refractivity contribution in [3.8, 4) is 0 Å². The average Bonchev–Trinajstić information content (AvgIpc) is 2.60. The fraction of sp³-hybridized carbons (Fsp3) is 0.300. The van der Waals surface area contributed by atoms with Gasteiger partial charge in [0, 0.05) is 29.9 Å². The van der Waals surface area contributed by atoms with Crippen molar-refractivity contribution in [3.63, 3.8) is 0 Å². The van der Waals surface area contributed by atoms with E-state index in [1.165, 1.54) is 0 Å². The second-order valence-corrected chi connectivity index (χ2v) is 5.73. The van der Waals surface area contributed by atoms with Crippen molar-refractivity contribution in [3.05, 3.63) is 65.2 Å². The molecule has 0 fully saturated rings. The number of benzene rings is 2. The summed E-state index contributed by atoms with van der Waals surface area (Å²) in [5.41, 5.74) is 2.99. The fourth-order valence-electron chi connectivity index (χ4n) is 2.53. The van der Waals surface area contributed by atoms with Gasteiger partial charge < -0.3 is 10.2 Å². The Hall–Kier alpha value is -2.62. The summed E-state index contributed by atoms with van der Waals surface area (Å²) in [7, 11) is 0. The molecule has 2 amide bonds. The summed E-state index contributed by atoms with van der Waals surface area (Å²) in [4.78, 5) is 26.7. The summed E-state index contributed by atoms with van der Waals surface area (Å²) in [6.07, 6.45) is 0.876. The van der Waals surface area contributed by atoms with Crippen molar-refractivity contribution in [1.29, 1.82) is 0 Å². The highest BCUT2D eigenvalue weighted by Gasteiger charge is 2.17. The average molecular weight is 324 g/mol. The van der Waals surface area contributed by atoms with Crippen LogP contribution in [0.4, 0.5) is 5.69 Å². The Bertz CT molecular complexity index is 725. The van der Waals surface area contributed by atoms with E-state index in [2.05, 4.69) is 5.32 Å². The van der Waals surface area contributed by atoms with Crippen LogP contribution in [-0.4, -0.2) is 24.9 Å². The first-order valence-electron chi connectivity index (χ1n) is 8.33. The molecule has 2 aromatic carbocycles. The molecule has 0 aliphatic carbocycles. The molecular weight excluding hydrogens is 300 g/mol. The van der Waals surface area contributed by atoms with E-state index in [0.29, 0.717) is 24.2 Å². The van der Waals surface area contributed by atoms with Gasteiger partial charge in [-0.25, -0.2) is 0 Å². The van der Waals surface area contributed by atoms with E-state index in [1.54, 1.807) is 29.2 Å². The lowest BCUT2D eigenvalue weighted by molar-refractivity contribution is 0.0953. The summed E-state index contributed by atoms with van der Waals surface area (Å²) in [5, 5.41) is 2.83. The van der Waals surface area contributed by atoms with Crippen LogP contribution in [0.3, 0.4) is 0 Å². The zero-order chi connectivity index (χ0) is 17.5. The number of amides is 2. The van der Waals surface area contributed by atoms with Crippen LogP contribution in [-0.2, 0) is 0 Å². The van der Waals surface area contributed by atoms with Crippen molar-refractivity contribution < 1.29 is 9.59 Å². The minimum absolute atomic E-state index is 0.103. The molecule has 2 aromatic rings. The maximum absolute atomic E-state index is 12.9.